The molecule has 6 heteroatoms. The minimum absolute atomic E-state index is 0.136. The van der Waals surface area contributed by atoms with Crippen LogP contribution in [0.25, 0.3) is 4.85 Å². The molecular formula is C26H26N3O3+. The first-order valence-corrected chi connectivity index (χ1v) is 10.5. The summed E-state index contributed by atoms with van der Waals surface area (Å²) in [6.45, 7) is 0.943. The Balaban J connectivity index is 1.49. The molecule has 32 heavy (non-hydrogen) atoms. The highest BCUT2D eigenvalue weighted by Gasteiger charge is 2.20. The molecule has 0 aliphatic carbocycles. The summed E-state index contributed by atoms with van der Waals surface area (Å²) < 4.78 is 5.42. The van der Waals surface area contributed by atoms with Crippen LogP contribution in [0.15, 0.2) is 91.0 Å². The van der Waals surface area contributed by atoms with Gasteiger partial charge in [-0.05, 0) is 17.7 Å². The van der Waals surface area contributed by atoms with Crippen LogP contribution in [-0.2, 0) is 22.7 Å². The first-order chi connectivity index (χ1) is 15.7. The van der Waals surface area contributed by atoms with Crippen molar-refractivity contribution >= 4 is 17.7 Å². The zero-order valence-electron chi connectivity index (χ0n) is 17.8. The van der Waals surface area contributed by atoms with Gasteiger partial charge in [0, 0.05) is 17.8 Å². The Kier molecular flexibility index (Phi) is 8.86. The fraction of sp³-hybridized carbons (Fsp3) is 0.192. The van der Waals surface area contributed by atoms with E-state index in [1.54, 1.807) is 12.1 Å². The number of nitrogens with zero attached hydrogens (tertiary/aromatic N) is 2. The summed E-state index contributed by atoms with van der Waals surface area (Å²) in [5, 5.41) is 2.80. The third kappa shape index (κ3) is 7.62. The quantitative estimate of drug-likeness (QED) is 0.521. The topological polar surface area (TPSA) is 63.0 Å². The van der Waals surface area contributed by atoms with Gasteiger partial charge in [-0.15, -0.1) is 0 Å². The summed E-state index contributed by atoms with van der Waals surface area (Å²) in [5.74, 6) is -0.282. The first-order valence-electron chi connectivity index (χ1n) is 10.5. The first kappa shape index (κ1) is 22.6. The van der Waals surface area contributed by atoms with Crippen LogP contribution in [0.2, 0.25) is 0 Å². The molecule has 1 N–H and O–H groups in total. The molecule has 0 radical (unpaired) electrons. The second kappa shape index (κ2) is 12.6. The lowest BCUT2D eigenvalue weighted by Gasteiger charge is -2.21. The third-order valence-corrected chi connectivity index (χ3v) is 4.57. The Hall–Kier alpha value is -4.11. The lowest BCUT2D eigenvalue weighted by Crippen LogP contribution is -2.41. The number of carbonyl (C=O) groups excluding carboxylic acids is 2. The molecule has 0 heterocycles. The predicted molar refractivity (Wildman–Crippen MR) is 125 cm³/mol. The molecule has 0 atom stereocenters. The fourth-order valence-electron chi connectivity index (χ4n) is 2.93. The van der Waals surface area contributed by atoms with E-state index in [4.69, 9.17) is 4.74 Å². The van der Waals surface area contributed by atoms with Gasteiger partial charge in [-0.3, -0.25) is 9.69 Å². The van der Waals surface area contributed by atoms with E-state index in [-0.39, 0.29) is 19.1 Å². The van der Waals surface area contributed by atoms with Crippen LogP contribution in [0.3, 0.4) is 0 Å². The van der Waals surface area contributed by atoms with E-state index < -0.39 is 6.09 Å². The van der Waals surface area contributed by atoms with Crippen molar-refractivity contribution in [1.82, 2.24) is 5.32 Å². The maximum absolute atomic E-state index is 12.7. The molecular weight excluding hydrogens is 402 g/mol. The molecule has 0 unspecified atom stereocenters. The van der Waals surface area contributed by atoms with E-state index in [9.17, 15) is 9.59 Å². The molecule has 6 nitrogen and oxygen atoms in total. The molecule has 0 aliphatic heterocycles. The van der Waals surface area contributed by atoms with Crippen LogP contribution >= 0.6 is 0 Å². The van der Waals surface area contributed by atoms with Crippen molar-refractivity contribution in [3.63, 3.8) is 0 Å². The van der Waals surface area contributed by atoms with E-state index in [2.05, 4.69) is 16.2 Å². The predicted octanol–water partition coefficient (Wildman–Crippen LogP) is 4.87. The number of ether oxygens (including phenoxy) is 1. The Bertz CT molecular complexity index is 1050. The molecule has 0 aliphatic rings. The molecule has 0 fully saturated rings. The molecule has 0 spiro atoms. The minimum Gasteiger partial charge on any atom is -0.444 e. The highest BCUT2D eigenvalue weighted by molar-refractivity contribution is 5.94. The van der Waals surface area contributed by atoms with E-state index >= 15 is 0 Å². The number of nitrogens with one attached hydrogen (secondary N) is 1. The Morgan fingerprint density at radius 1 is 0.844 bits per heavy atom. The number of para-hydroxylation sites is 1. The monoisotopic (exact) mass is 428 g/mol. The molecule has 3 aromatic carbocycles. The van der Waals surface area contributed by atoms with Gasteiger partial charge in [0.1, 0.15) is 13.2 Å². The van der Waals surface area contributed by atoms with Crippen molar-refractivity contribution in [3.05, 3.63) is 107 Å². The minimum atomic E-state index is -0.578. The van der Waals surface area contributed by atoms with Crippen LogP contribution in [-0.4, -0.2) is 25.1 Å². The number of hydrogen-bond acceptors (Lipinski definition) is 3. The van der Waals surface area contributed by atoms with Crippen LogP contribution in [0.1, 0.15) is 17.5 Å². The van der Waals surface area contributed by atoms with Gasteiger partial charge in [0.2, 0.25) is 5.91 Å². The number of amides is 2. The van der Waals surface area contributed by atoms with Gasteiger partial charge in [-0.2, -0.15) is 0 Å². The number of rotatable bonds is 8. The fourth-order valence-corrected chi connectivity index (χ4v) is 2.93. The highest BCUT2D eigenvalue weighted by Crippen LogP contribution is 2.15. The SMILES string of the molecule is O=C(CN(C(=O)OCc1ccccc1)c1ccccc1)NCCC#[N+]Cc1ccccc1. The molecule has 0 saturated heterocycles. The molecule has 2 amide bonds. The van der Waals surface area contributed by atoms with Crippen molar-refractivity contribution in [2.75, 3.05) is 18.0 Å². The number of anilines is 1. The highest BCUT2D eigenvalue weighted by atomic mass is 16.6. The second-order valence-electron chi connectivity index (χ2n) is 7.02. The van der Waals surface area contributed by atoms with Crippen LogP contribution in [0.5, 0.6) is 0 Å². The number of carbonyl (C=O) groups is 2. The van der Waals surface area contributed by atoms with Gasteiger partial charge in [0.05, 0.1) is 6.42 Å². The van der Waals surface area contributed by atoms with E-state index in [1.807, 2.05) is 78.9 Å². The zero-order valence-corrected chi connectivity index (χ0v) is 17.8. The molecule has 3 rings (SSSR count). The summed E-state index contributed by atoms with van der Waals surface area (Å²) in [5.41, 5.74) is 2.58. The van der Waals surface area contributed by atoms with Gasteiger partial charge < -0.3 is 10.1 Å². The molecule has 3 aromatic rings. The average Bonchev–Trinajstić information content (AvgIpc) is 2.85. The summed E-state index contributed by atoms with van der Waals surface area (Å²) in [7, 11) is 0. The zero-order chi connectivity index (χ0) is 22.4. The third-order valence-electron chi connectivity index (χ3n) is 4.57. The maximum Gasteiger partial charge on any atom is 0.415 e. The van der Waals surface area contributed by atoms with Crippen molar-refractivity contribution in [2.24, 2.45) is 0 Å². The summed E-state index contributed by atoms with van der Waals surface area (Å²) in [4.78, 5) is 30.7. The van der Waals surface area contributed by atoms with E-state index in [1.165, 1.54) is 4.90 Å². The summed E-state index contributed by atoms with van der Waals surface area (Å²) in [6.07, 6.45) is -0.0891. The normalized spacial score (nSPS) is 9.88. The van der Waals surface area contributed by atoms with Crippen LogP contribution in [0, 0.1) is 6.07 Å². The van der Waals surface area contributed by atoms with Crippen molar-refractivity contribution in [3.8, 4) is 6.07 Å². The molecule has 0 saturated carbocycles. The van der Waals surface area contributed by atoms with E-state index in [0.717, 1.165) is 11.1 Å². The van der Waals surface area contributed by atoms with Gasteiger partial charge in [0.15, 0.2) is 0 Å². The Morgan fingerprint density at radius 3 is 2.09 bits per heavy atom. The standard InChI is InChI=1S/C26H25N3O3/c30-25(28-18-10-17-27-19-22-11-4-1-5-12-22)20-29(24-15-8-3-9-16-24)26(31)32-21-23-13-6-2-7-14-23/h1-9,11-16H,10,18-21H2/p+1. The van der Waals surface area contributed by atoms with Crippen molar-refractivity contribution in [2.45, 2.75) is 19.6 Å². The molecule has 0 bridgehead atoms. The van der Waals surface area contributed by atoms with Gasteiger partial charge in [-0.1, -0.05) is 83.7 Å². The summed E-state index contributed by atoms with van der Waals surface area (Å²) in [6, 6.07) is 31.2. The van der Waals surface area contributed by atoms with Gasteiger partial charge >= 0.3 is 6.09 Å². The van der Waals surface area contributed by atoms with Gasteiger partial charge in [-0.25, -0.2) is 4.79 Å². The number of benzene rings is 3. The average molecular weight is 429 g/mol. The lowest BCUT2D eigenvalue weighted by molar-refractivity contribution is -0.119. The smallest absolute Gasteiger partial charge is 0.415 e. The number of hydrogen-bond donors (Lipinski definition) is 1. The molecule has 0 aromatic heterocycles. The van der Waals surface area contributed by atoms with Crippen molar-refractivity contribution < 1.29 is 14.3 Å². The van der Waals surface area contributed by atoms with Crippen LogP contribution < -0.4 is 10.2 Å². The van der Waals surface area contributed by atoms with Crippen molar-refractivity contribution in [1.29, 1.82) is 0 Å². The molecule has 162 valence electrons. The Morgan fingerprint density at radius 2 is 1.44 bits per heavy atom. The maximum atomic E-state index is 12.7. The van der Waals surface area contributed by atoms with E-state index in [0.29, 0.717) is 25.2 Å². The van der Waals surface area contributed by atoms with Gasteiger partial charge in [0.25, 0.3) is 12.6 Å². The largest absolute Gasteiger partial charge is 0.444 e. The summed E-state index contributed by atoms with van der Waals surface area (Å²) >= 11 is 0. The second-order valence-corrected chi connectivity index (χ2v) is 7.02. The lowest BCUT2D eigenvalue weighted by atomic mass is 10.2. The van der Waals surface area contributed by atoms with Crippen LogP contribution in [0.4, 0.5) is 10.5 Å². The Labute approximate surface area is 188 Å².